The molecule has 18 heavy (non-hydrogen) atoms. The Hall–Kier alpha value is -1.57. The normalized spacial score (nSPS) is 17.6. The van der Waals surface area contributed by atoms with Gasteiger partial charge in [-0.05, 0) is 25.0 Å². The highest BCUT2D eigenvalue weighted by Crippen LogP contribution is 2.25. The number of fused-ring (bicyclic) bond motifs is 1. The molecule has 0 unspecified atom stereocenters. The van der Waals surface area contributed by atoms with Crippen LogP contribution < -0.4 is 5.32 Å². The van der Waals surface area contributed by atoms with Crippen LogP contribution in [0.2, 0.25) is 0 Å². The second-order valence-corrected chi connectivity index (χ2v) is 5.21. The Bertz CT molecular complexity index is 508. The molecule has 1 aliphatic carbocycles. The zero-order chi connectivity index (χ0) is 12.2. The molecule has 0 saturated heterocycles. The van der Waals surface area contributed by atoms with Crippen LogP contribution in [-0.4, -0.2) is 11.0 Å². The summed E-state index contributed by atoms with van der Waals surface area (Å²) in [5, 5.41) is 4.92. The molecule has 3 rings (SSSR count). The zero-order valence-corrected chi connectivity index (χ0v) is 10.7. The van der Waals surface area contributed by atoms with Crippen molar-refractivity contribution in [3.8, 4) is 0 Å². The summed E-state index contributed by atoms with van der Waals surface area (Å²) in [6, 6.07) is 11.1. The lowest BCUT2D eigenvalue weighted by Crippen LogP contribution is -2.18. The van der Waals surface area contributed by atoms with Gasteiger partial charge in [-0.2, -0.15) is 0 Å². The van der Waals surface area contributed by atoms with Gasteiger partial charge in [0, 0.05) is 17.6 Å². The number of benzene rings is 1. The molecule has 1 aromatic heterocycles. The molecule has 2 heteroatoms. The summed E-state index contributed by atoms with van der Waals surface area (Å²) < 4.78 is 0. The molecule has 1 saturated carbocycles. The average molecular weight is 240 g/mol. The maximum Gasteiger partial charge on any atom is 0.0933 e. The first-order chi connectivity index (χ1) is 8.93. The van der Waals surface area contributed by atoms with Gasteiger partial charge in [0.25, 0.3) is 0 Å². The molecule has 2 aromatic rings. The quantitative estimate of drug-likeness (QED) is 0.788. The van der Waals surface area contributed by atoms with E-state index in [2.05, 4.69) is 34.6 Å². The SMILES string of the molecule is c1cnc2c(NC3CCCCCC3)cccc2c1. The molecule has 1 fully saturated rings. The Labute approximate surface area is 108 Å². The van der Waals surface area contributed by atoms with Gasteiger partial charge in [-0.15, -0.1) is 0 Å². The van der Waals surface area contributed by atoms with Crippen molar-refractivity contribution in [1.29, 1.82) is 0 Å². The number of pyridine rings is 1. The van der Waals surface area contributed by atoms with E-state index in [-0.39, 0.29) is 0 Å². The number of para-hydroxylation sites is 1. The predicted octanol–water partition coefficient (Wildman–Crippen LogP) is 4.37. The Morgan fingerprint density at radius 3 is 2.56 bits per heavy atom. The van der Waals surface area contributed by atoms with Crippen molar-refractivity contribution in [3.63, 3.8) is 0 Å². The molecule has 1 aliphatic rings. The average Bonchev–Trinajstić information content (AvgIpc) is 2.68. The van der Waals surface area contributed by atoms with Gasteiger partial charge in [0.2, 0.25) is 0 Å². The smallest absolute Gasteiger partial charge is 0.0933 e. The van der Waals surface area contributed by atoms with Crippen molar-refractivity contribution < 1.29 is 0 Å². The number of nitrogens with one attached hydrogen (secondary N) is 1. The van der Waals surface area contributed by atoms with Crippen molar-refractivity contribution >= 4 is 16.6 Å². The van der Waals surface area contributed by atoms with Gasteiger partial charge >= 0.3 is 0 Å². The fraction of sp³-hybridized carbons (Fsp3) is 0.438. The number of rotatable bonds is 2. The van der Waals surface area contributed by atoms with Crippen LogP contribution >= 0.6 is 0 Å². The molecule has 0 atom stereocenters. The minimum Gasteiger partial charge on any atom is -0.381 e. The van der Waals surface area contributed by atoms with E-state index in [4.69, 9.17) is 0 Å². The fourth-order valence-corrected chi connectivity index (χ4v) is 2.86. The van der Waals surface area contributed by atoms with Crippen molar-refractivity contribution in [3.05, 3.63) is 36.5 Å². The molecular weight excluding hydrogens is 220 g/mol. The summed E-state index contributed by atoms with van der Waals surface area (Å²) in [5.74, 6) is 0. The van der Waals surface area contributed by atoms with Crippen LogP contribution in [-0.2, 0) is 0 Å². The van der Waals surface area contributed by atoms with Gasteiger partial charge in [0.15, 0.2) is 0 Å². The molecule has 1 heterocycles. The lowest BCUT2D eigenvalue weighted by atomic mass is 10.1. The van der Waals surface area contributed by atoms with E-state index in [0.717, 1.165) is 5.52 Å². The first-order valence-electron chi connectivity index (χ1n) is 7.04. The van der Waals surface area contributed by atoms with Crippen molar-refractivity contribution in [1.82, 2.24) is 4.98 Å². The lowest BCUT2D eigenvalue weighted by molar-refractivity contribution is 0.620. The molecule has 0 bridgehead atoms. The van der Waals surface area contributed by atoms with Crippen LogP contribution in [0.1, 0.15) is 38.5 Å². The minimum absolute atomic E-state index is 0.625. The summed E-state index contributed by atoms with van der Waals surface area (Å²) in [4.78, 5) is 4.51. The highest BCUT2D eigenvalue weighted by molar-refractivity contribution is 5.90. The van der Waals surface area contributed by atoms with Crippen molar-refractivity contribution in [2.75, 3.05) is 5.32 Å². The van der Waals surface area contributed by atoms with Crippen LogP contribution in [0.3, 0.4) is 0 Å². The topological polar surface area (TPSA) is 24.9 Å². The number of hydrogen-bond donors (Lipinski definition) is 1. The van der Waals surface area contributed by atoms with Gasteiger partial charge in [0.05, 0.1) is 11.2 Å². The van der Waals surface area contributed by atoms with E-state index in [1.54, 1.807) is 0 Å². The summed E-state index contributed by atoms with van der Waals surface area (Å²) in [7, 11) is 0. The second-order valence-electron chi connectivity index (χ2n) is 5.21. The van der Waals surface area contributed by atoms with Crippen LogP contribution in [0.4, 0.5) is 5.69 Å². The third kappa shape index (κ3) is 2.47. The minimum atomic E-state index is 0.625. The molecule has 1 aromatic carbocycles. The zero-order valence-electron chi connectivity index (χ0n) is 10.7. The van der Waals surface area contributed by atoms with Gasteiger partial charge in [0.1, 0.15) is 0 Å². The third-order valence-corrected chi connectivity index (χ3v) is 3.85. The van der Waals surface area contributed by atoms with E-state index < -0.39 is 0 Å². The first-order valence-corrected chi connectivity index (χ1v) is 7.04. The molecule has 1 N–H and O–H groups in total. The fourth-order valence-electron chi connectivity index (χ4n) is 2.86. The number of hydrogen-bond acceptors (Lipinski definition) is 2. The summed E-state index contributed by atoms with van der Waals surface area (Å²) in [6.07, 6.45) is 9.97. The van der Waals surface area contributed by atoms with Crippen molar-refractivity contribution in [2.24, 2.45) is 0 Å². The Balaban J connectivity index is 1.85. The largest absolute Gasteiger partial charge is 0.381 e. The first kappa shape index (κ1) is 11.5. The van der Waals surface area contributed by atoms with Crippen LogP contribution in [0.25, 0.3) is 10.9 Å². The number of anilines is 1. The number of aromatic nitrogens is 1. The van der Waals surface area contributed by atoms with Gasteiger partial charge in [-0.1, -0.05) is 43.9 Å². The standard InChI is InChI=1S/C16H20N2/c1-2-4-10-14(9-3-1)18-15-11-5-7-13-8-6-12-17-16(13)15/h5-8,11-12,14,18H,1-4,9-10H2. The van der Waals surface area contributed by atoms with Crippen molar-refractivity contribution in [2.45, 2.75) is 44.6 Å². The monoisotopic (exact) mass is 240 g/mol. The van der Waals surface area contributed by atoms with E-state index >= 15 is 0 Å². The molecule has 0 aliphatic heterocycles. The van der Waals surface area contributed by atoms with E-state index in [1.807, 2.05) is 12.3 Å². The summed E-state index contributed by atoms with van der Waals surface area (Å²) >= 11 is 0. The Morgan fingerprint density at radius 2 is 1.72 bits per heavy atom. The summed E-state index contributed by atoms with van der Waals surface area (Å²) in [6.45, 7) is 0. The Kier molecular flexibility index (Phi) is 3.44. The van der Waals surface area contributed by atoms with Crippen LogP contribution in [0.15, 0.2) is 36.5 Å². The van der Waals surface area contributed by atoms with Crippen LogP contribution in [0.5, 0.6) is 0 Å². The maximum absolute atomic E-state index is 4.51. The van der Waals surface area contributed by atoms with Crippen LogP contribution in [0, 0.1) is 0 Å². The molecule has 94 valence electrons. The molecule has 0 radical (unpaired) electrons. The predicted molar refractivity (Wildman–Crippen MR) is 76.9 cm³/mol. The highest BCUT2D eigenvalue weighted by Gasteiger charge is 2.13. The molecular formula is C16H20N2. The number of nitrogens with zero attached hydrogens (tertiary/aromatic N) is 1. The molecule has 0 spiro atoms. The third-order valence-electron chi connectivity index (χ3n) is 3.85. The van der Waals surface area contributed by atoms with Gasteiger partial charge in [-0.25, -0.2) is 0 Å². The maximum atomic E-state index is 4.51. The Morgan fingerprint density at radius 1 is 0.944 bits per heavy atom. The van der Waals surface area contributed by atoms with Gasteiger partial charge < -0.3 is 5.32 Å². The molecule has 0 amide bonds. The lowest BCUT2D eigenvalue weighted by Gasteiger charge is -2.18. The van der Waals surface area contributed by atoms with E-state index in [9.17, 15) is 0 Å². The molecule has 2 nitrogen and oxygen atoms in total. The van der Waals surface area contributed by atoms with E-state index in [0.29, 0.717) is 6.04 Å². The van der Waals surface area contributed by atoms with Gasteiger partial charge in [-0.3, -0.25) is 4.98 Å². The second kappa shape index (κ2) is 5.38. The highest BCUT2D eigenvalue weighted by atomic mass is 14.9. The van der Waals surface area contributed by atoms with E-state index in [1.165, 1.54) is 49.6 Å². The summed E-state index contributed by atoms with van der Waals surface area (Å²) in [5.41, 5.74) is 2.30.